The average Bonchev–Trinajstić information content (AvgIpc) is 3.76. The van der Waals surface area contributed by atoms with Crippen LogP contribution in [0.5, 0.6) is 11.5 Å². The highest BCUT2D eigenvalue weighted by Crippen LogP contribution is 2.58. The highest BCUT2D eigenvalue weighted by molar-refractivity contribution is 6.31. The van der Waals surface area contributed by atoms with Gasteiger partial charge in [-0.05, 0) is 115 Å². The maximum atomic E-state index is 6.35. The van der Waals surface area contributed by atoms with Crippen molar-refractivity contribution in [3.8, 4) is 11.5 Å². The molecule has 0 saturated heterocycles. The molecule has 0 heterocycles. The molecule has 6 unspecified atom stereocenters. The van der Waals surface area contributed by atoms with Crippen LogP contribution in [0.3, 0.4) is 0 Å². The summed E-state index contributed by atoms with van der Waals surface area (Å²) < 4.78 is 17.4. The van der Waals surface area contributed by atoms with E-state index in [2.05, 4.69) is 6.92 Å². The third-order valence-corrected chi connectivity index (χ3v) is 8.09. The fourth-order valence-electron chi connectivity index (χ4n) is 5.48. The van der Waals surface area contributed by atoms with Crippen LogP contribution in [0.4, 0.5) is 0 Å². The van der Waals surface area contributed by atoms with Crippen LogP contribution in [-0.4, -0.2) is 40.0 Å². The Morgan fingerprint density at radius 2 is 1.54 bits per heavy atom. The maximum absolute atomic E-state index is 6.35. The third kappa shape index (κ3) is 6.64. The standard InChI is InChI=1S/C28H38Cl2N2O3/c1-17(7-8-34-26-5-3-19(29)13-22(26)21-12-18(21)15-31)11-23-25(16-32)28(23)24-14-20(30)4-6-27(24)35-10-9-33-2/h3-6,13-14,17-18,21,23,25,28H,7-12,15-16,31-32H2,1-2H3. The van der Waals surface area contributed by atoms with Crippen LogP contribution < -0.4 is 20.9 Å². The number of rotatable bonds is 14. The van der Waals surface area contributed by atoms with Gasteiger partial charge < -0.3 is 25.7 Å². The Hall–Kier alpha value is -1.50. The van der Waals surface area contributed by atoms with Crippen LogP contribution in [0.25, 0.3) is 0 Å². The Labute approximate surface area is 219 Å². The molecule has 4 N–H and O–H groups in total. The Morgan fingerprint density at radius 3 is 2.17 bits per heavy atom. The smallest absolute Gasteiger partial charge is 0.123 e. The molecule has 0 amide bonds. The van der Waals surface area contributed by atoms with Gasteiger partial charge in [-0.2, -0.15) is 0 Å². The van der Waals surface area contributed by atoms with Gasteiger partial charge in [0.25, 0.3) is 0 Å². The van der Waals surface area contributed by atoms with Crippen LogP contribution in [0, 0.1) is 23.7 Å². The van der Waals surface area contributed by atoms with Crippen LogP contribution in [0.1, 0.15) is 49.1 Å². The Bertz CT molecular complexity index is 989. The van der Waals surface area contributed by atoms with E-state index in [1.165, 1.54) is 11.1 Å². The van der Waals surface area contributed by atoms with E-state index in [1.807, 2.05) is 36.4 Å². The Balaban J connectivity index is 1.32. The molecule has 5 nitrogen and oxygen atoms in total. The van der Waals surface area contributed by atoms with Gasteiger partial charge in [0, 0.05) is 17.2 Å². The lowest BCUT2D eigenvalue weighted by molar-refractivity contribution is 0.145. The molecule has 192 valence electrons. The molecule has 0 aromatic heterocycles. The van der Waals surface area contributed by atoms with Gasteiger partial charge in [-0.1, -0.05) is 30.1 Å². The summed E-state index contributed by atoms with van der Waals surface area (Å²) >= 11 is 12.6. The summed E-state index contributed by atoms with van der Waals surface area (Å²) in [7, 11) is 1.68. The molecule has 2 aromatic rings. The lowest BCUT2D eigenvalue weighted by atomic mass is 9.98. The van der Waals surface area contributed by atoms with Crippen molar-refractivity contribution in [2.75, 3.05) is 40.0 Å². The highest BCUT2D eigenvalue weighted by atomic mass is 35.5. The van der Waals surface area contributed by atoms with Crippen molar-refractivity contribution in [1.82, 2.24) is 0 Å². The van der Waals surface area contributed by atoms with Crippen molar-refractivity contribution >= 4 is 23.2 Å². The van der Waals surface area contributed by atoms with Gasteiger partial charge in [0.05, 0.1) is 13.2 Å². The summed E-state index contributed by atoms with van der Waals surface area (Å²) in [5, 5.41) is 1.48. The minimum Gasteiger partial charge on any atom is -0.493 e. The lowest BCUT2D eigenvalue weighted by Crippen LogP contribution is -2.08. The second-order valence-corrected chi connectivity index (χ2v) is 11.0. The zero-order chi connectivity index (χ0) is 24.9. The molecule has 2 aliphatic carbocycles. The first kappa shape index (κ1) is 26.6. The second-order valence-electron chi connectivity index (χ2n) is 10.1. The molecule has 6 atom stereocenters. The number of benzene rings is 2. The van der Waals surface area contributed by atoms with Crippen LogP contribution in [0.2, 0.25) is 10.0 Å². The largest absolute Gasteiger partial charge is 0.493 e. The van der Waals surface area contributed by atoms with E-state index in [1.54, 1.807) is 7.11 Å². The van der Waals surface area contributed by atoms with Crippen molar-refractivity contribution in [3.63, 3.8) is 0 Å². The van der Waals surface area contributed by atoms with E-state index in [0.29, 0.717) is 68.4 Å². The van der Waals surface area contributed by atoms with Crippen molar-refractivity contribution in [3.05, 3.63) is 57.6 Å². The lowest BCUT2D eigenvalue weighted by Gasteiger charge is -2.16. The monoisotopic (exact) mass is 520 g/mol. The first-order valence-electron chi connectivity index (χ1n) is 12.7. The summed E-state index contributed by atoms with van der Waals surface area (Å²) in [6.07, 6.45) is 3.21. The molecule has 0 bridgehead atoms. The first-order chi connectivity index (χ1) is 17.0. The normalized spacial score (nSPS) is 25.8. The predicted molar refractivity (Wildman–Crippen MR) is 143 cm³/mol. The minimum atomic E-state index is 0.380. The number of hydrogen-bond donors (Lipinski definition) is 2. The SMILES string of the molecule is COCCOc1ccc(Cl)cc1C1C(CN)C1CC(C)CCOc1ccc(Cl)cc1C1CC1CN. The molecule has 2 aromatic carbocycles. The number of ether oxygens (including phenoxy) is 3. The van der Waals surface area contributed by atoms with E-state index in [9.17, 15) is 0 Å². The van der Waals surface area contributed by atoms with Gasteiger partial charge in [0.2, 0.25) is 0 Å². The number of halogens is 2. The molecule has 0 radical (unpaired) electrons. The predicted octanol–water partition coefficient (Wildman–Crippen LogP) is 5.86. The van der Waals surface area contributed by atoms with E-state index in [0.717, 1.165) is 40.8 Å². The highest BCUT2D eigenvalue weighted by Gasteiger charge is 2.51. The van der Waals surface area contributed by atoms with Gasteiger partial charge in [0.15, 0.2) is 0 Å². The molecule has 0 aliphatic heterocycles. The van der Waals surface area contributed by atoms with Crippen LogP contribution in [-0.2, 0) is 4.74 Å². The Morgan fingerprint density at radius 1 is 0.886 bits per heavy atom. The minimum absolute atomic E-state index is 0.380. The van der Waals surface area contributed by atoms with E-state index in [-0.39, 0.29) is 0 Å². The molecule has 35 heavy (non-hydrogen) atoms. The summed E-state index contributed by atoms with van der Waals surface area (Å²) in [5.41, 5.74) is 14.4. The average molecular weight is 522 g/mol. The summed E-state index contributed by atoms with van der Waals surface area (Å²) in [5.74, 6) is 4.73. The number of nitrogens with two attached hydrogens (primary N) is 2. The third-order valence-electron chi connectivity index (χ3n) is 7.62. The molecule has 0 spiro atoms. The summed E-state index contributed by atoms with van der Waals surface area (Å²) in [6, 6.07) is 11.8. The van der Waals surface area contributed by atoms with Gasteiger partial charge in [-0.3, -0.25) is 0 Å². The second kappa shape index (κ2) is 12.2. The molecule has 7 heteroatoms. The topological polar surface area (TPSA) is 79.7 Å². The Kier molecular flexibility index (Phi) is 9.23. The molecule has 2 fully saturated rings. The quantitative estimate of drug-likeness (QED) is 0.304. The molecule has 2 saturated carbocycles. The maximum Gasteiger partial charge on any atom is 0.123 e. The van der Waals surface area contributed by atoms with Crippen molar-refractivity contribution < 1.29 is 14.2 Å². The van der Waals surface area contributed by atoms with Gasteiger partial charge in [-0.25, -0.2) is 0 Å². The number of hydrogen-bond acceptors (Lipinski definition) is 5. The zero-order valence-corrected chi connectivity index (χ0v) is 22.2. The van der Waals surface area contributed by atoms with Gasteiger partial charge in [-0.15, -0.1) is 0 Å². The van der Waals surface area contributed by atoms with E-state index < -0.39 is 0 Å². The van der Waals surface area contributed by atoms with Crippen molar-refractivity contribution in [1.29, 1.82) is 0 Å². The van der Waals surface area contributed by atoms with E-state index >= 15 is 0 Å². The molecule has 2 aliphatic rings. The molecular weight excluding hydrogens is 483 g/mol. The molecular formula is C28H38Cl2N2O3. The van der Waals surface area contributed by atoms with E-state index in [4.69, 9.17) is 48.9 Å². The van der Waals surface area contributed by atoms with Crippen LogP contribution >= 0.6 is 23.2 Å². The van der Waals surface area contributed by atoms with Crippen LogP contribution in [0.15, 0.2) is 36.4 Å². The summed E-state index contributed by atoms with van der Waals surface area (Å²) in [6.45, 7) is 5.43. The van der Waals surface area contributed by atoms with Crippen molar-refractivity contribution in [2.45, 2.75) is 38.0 Å². The van der Waals surface area contributed by atoms with Gasteiger partial charge in [0.1, 0.15) is 18.1 Å². The molecule has 4 rings (SSSR count). The van der Waals surface area contributed by atoms with Gasteiger partial charge >= 0.3 is 0 Å². The zero-order valence-electron chi connectivity index (χ0n) is 20.7. The first-order valence-corrected chi connectivity index (χ1v) is 13.5. The van der Waals surface area contributed by atoms with Crippen molar-refractivity contribution in [2.24, 2.45) is 35.1 Å². The fourth-order valence-corrected chi connectivity index (χ4v) is 5.84. The fraction of sp³-hybridized carbons (Fsp3) is 0.571. The number of methoxy groups -OCH3 is 1. The summed E-state index contributed by atoms with van der Waals surface area (Å²) in [4.78, 5) is 0.